The van der Waals surface area contributed by atoms with Crippen LogP contribution in [0.2, 0.25) is 5.02 Å². The molecule has 0 radical (unpaired) electrons. The number of benzene rings is 2. The lowest BCUT2D eigenvalue weighted by Gasteiger charge is -2.29. The summed E-state index contributed by atoms with van der Waals surface area (Å²) in [6, 6.07) is 12.0. The van der Waals surface area contributed by atoms with Gasteiger partial charge in [-0.25, -0.2) is 17.6 Å². The third kappa shape index (κ3) is 6.69. The van der Waals surface area contributed by atoms with Crippen molar-refractivity contribution in [3.05, 3.63) is 78.0 Å². The quantitative estimate of drug-likeness (QED) is 0.275. The van der Waals surface area contributed by atoms with Gasteiger partial charge in [-0.05, 0) is 55.7 Å². The number of nitrogens with zero attached hydrogens (tertiary/aromatic N) is 4. The highest BCUT2D eigenvalue weighted by Crippen LogP contribution is 2.30. The fourth-order valence-corrected chi connectivity index (χ4v) is 5.07. The smallest absolute Gasteiger partial charge is 0.323 e. The van der Waals surface area contributed by atoms with E-state index in [-0.39, 0.29) is 17.2 Å². The topological polar surface area (TPSA) is 118 Å². The molecule has 1 aliphatic rings. The van der Waals surface area contributed by atoms with Gasteiger partial charge in [-0.2, -0.15) is 9.19 Å². The number of pyridine rings is 1. The SMILES string of the molecule is CS(=O)(=O)n1cc(-c2cc(Oc3ccc(NC(=O)Nc4cc(Cl)cc(N5CCCCC5)c4)cc3F)ccn2)cn1. The molecule has 1 saturated heterocycles. The van der Waals surface area contributed by atoms with Crippen molar-refractivity contribution in [1.82, 2.24) is 14.2 Å². The summed E-state index contributed by atoms with van der Waals surface area (Å²) in [5.74, 6) is -0.493. The van der Waals surface area contributed by atoms with Crippen LogP contribution in [0, 0.1) is 5.82 Å². The Kier molecular flexibility index (Phi) is 7.90. The molecule has 0 atom stereocenters. The molecule has 0 unspecified atom stereocenters. The minimum Gasteiger partial charge on any atom is -0.454 e. The summed E-state index contributed by atoms with van der Waals surface area (Å²) in [5, 5.41) is 9.70. The molecule has 4 aromatic rings. The lowest BCUT2D eigenvalue weighted by Crippen LogP contribution is -2.29. The first-order valence-electron chi connectivity index (χ1n) is 12.5. The average molecular weight is 585 g/mol. The first-order chi connectivity index (χ1) is 19.1. The molecule has 13 heteroatoms. The molecule has 2 aromatic heterocycles. The largest absolute Gasteiger partial charge is 0.454 e. The van der Waals surface area contributed by atoms with E-state index in [0.717, 1.165) is 48.0 Å². The Hall–Kier alpha value is -4.16. The average Bonchev–Trinajstić information content (AvgIpc) is 3.42. The maximum Gasteiger partial charge on any atom is 0.323 e. The summed E-state index contributed by atoms with van der Waals surface area (Å²) in [7, 11) is -3.54. The number of piperidine rings is 1. The van der Waals surface area contributed by atoms with Crippen molar-refractivity contribution >= 4 is 44.7 Å². The number of hydrogen-bond donors (Lipinski definition) is 2. The first kappa shape index (κ1) is 27.4. The van der Waals surface area contributed by atoms with Gasteiger partial charge in [0.25, 0.3) is 10.0 Å². The normalized spacial score (nSPS) is 13.6. The number of anilines is 3. The Morgan fingerprint density at radius 1 is 1.02 bits per heavy atom. The van der Waals surface area contributed by atoms with E-state index in [4.69, 9.17) is 16.3 Å². The summed E-state index contributed by atoms with van der Waals surface area (Å²) in [6.07, 6.45) is 8.59. The number of hydrogen-bond acceptors (Lipinski definition) is 7. The Balaban J connectivity index is 1.24. The standard InChI is InChI=1S/C27H26ClFN6O4S/c1-40(37,38)35-17-18(16-31-35)25-15-23(7-8-30-25)39-26-6-5-20(14-24(26)29)32-27(36)33-21-11-19(28)12-22(13-21)34-9-3-2-4-10-34/h5-8,11-17H,2-4,9-10H2,1H3,(H2,32,33,36). The minimum absolute atomic E-state index is 0.0732. The molecule has 5 rings (SSSR count). The van der Waals surface area contributed by atoms with E-state index in [9.17, 15) is 17.6 Å². The molecule has 1 aliphatic heterocycles. The van der Waals surface area contributed by atoms with Crippen LogP contribution in [0.4, 0.5) is 26.2 Å². The van der Waals surface area contributed by atoms with Crippen molar-refractivity contribution in [2.45, 2.75) is 19.3 Å². The molecule has 0 bridgehead atoms. The highest BCUT2D eigenvalue weighted by Gasteiger charge is 2.15. The van der Waals surface area contributed by atoms with Crippen molar-refractivity contribution in [1.29, 1.82) is 0 Å². The number of carbonyl (C=O) groups is 1. The van der Waals surface area contributed by atoms with Crippen molar-refractivity contribution in [2.24, 2.45) is 0 Å². The van der Waals surface area contributed by atoms with Gasteiger partial charge in [0.15, 0.2) is 11.6 Å². The summed E-state index contributed by atoms with van der Waals surface area (Å²) in [6.45, 7) is 1.88. The lowest BCUT2D eigenvalue weighted by molar-refractivity contribution is 0.262. The van der Waals surface area contributed by atoms with Gasteiger partial charge in [-0.15, -0.1) is 0 Å². The zero-order valence-electron chi connectivity index (χ0n) is 21.5. The predicted octanol–water partition coefficient (Wildman–Crippen LogP) is 5.97. The Labute approximate surface area is 235 Å². The number of amides is 2. The van der Waals surface area contributed by atoms with E-state index in [1.807, 2.05) is 12.1 Å². The summed E-state index contributed by atoms with van der Waals surface area (Å²) in [4.78, 5) is 19.1. The van der Waals surface area contributed by atoms with Crippen LogP contribution >= 0.6 is 11.6 Å². The molecule has 3 heterocycles. The van der Waals surface area contributed by atoms with Gasteiger partial charge in [0, 0.05) is 59.1 Å². The Morgan fingerprint density at radius 2 is 1.80 bits per heavy atom. The zero-order chi connectivity index (χ0) is 28.3. The molecule has 0 saturated carbocycles. The summed E-state index contributed by atoms with van der Waals surface area (Å²) < 4.78 is 44.7. The van der Waals surface area contributed by atoms with Crippen LogP contribution in [-0.2, 0) is 10.0 Å². The molecular formula is C27H26ClFN6O4S. The van der Waals surface area contributed by atoms with Crippen LogP contribution in [0.5, 0.6) is 11.5 Å². The first-order valence-corrected chi connectivity index (χ1v) is 14.7. The number of rotatable bonds is 7. The number of carbonyl (C=O) groups excluding carboxylic acids is 1. The minimum atomic E-state index is -3.54. The van der Waals surface area contributed by atoms with Gasteiger partial charge < -0.3 is 20.3 Å². The third-order valence-corrected chi connectivity index (χ3v) is 7.30. The van der Waals surface area contributed by atoms with E-state index in [1.165, 1.54) is 49.3 Å². The van der Waals surface area contributed by atoms with Crippen LogP contribution in [0.3, 0.4) is 0 Å². The molecule has 40 heavy (non-hydrogen) atoms. The van der Waals surface area contributed by atoms with Gasteiger partial charge in [-0.1, -0.05) is 11.6 Å². The molecule has 0 aliphatic carbocycles. The second kappa shape index (κ2) is 11.5. The van der Waals surface area contributed by atoms with Gasteiger partial charge in [0.2, 0.25) is 0 Å². The number of aromatic nitrogens is 3. The van der Waals surface area contributed by atoms with Gasteiger partial charge in [0.1, 0.15) is 5.75 Å². The number of halogens is 2. The van der Waals surface area contributed by atoms with Crippen molar-refractivity contribution in [3.8, 4) is 22.8 Å². The maximum atomic E-state index is 14.9. The lowest BCUT2D eigenvalue weighted by atomic mass is 10.1. The van der Waals surface area contributed by atoms with Crippen LogP contribution < -0.4 is 20.3 Å². The molecule has 208 valence electrons. The van der Waals surface area contributed by atoms with Crippen LogP contribution in [0.1, 0.15) is 19.3 Å². The fraction of sp³-hybridized carbons (Fsp3) is 0.222. The third-order valence-electron chi connectivity index (χ3n) is 6.21. The predicted molar refractivity (Wildman–Crippen MR) is 152 cm³/mol. The van der Waals surface area contributed by atoms with Crippen molar-refractivity contribution in [3.63, 3.8) is 0 Å². The number of ether oxygens (including phenoxy) is 1. The Bertz CT molecular complexity index is 1660. The molecule has 1 fully saturated rings. The highest BCUT2D eigenvalue weighted by molar-refractivity contribution is 7.89. The molecule has 2 aromatic carbocycles. The second-order valence-corrected chi connectivity index (χ2v) is 11.6. The fourth-order valence-electron chi connectivity index (χ4n) is 4.31. The van der Waals surface area contributed by atoms with Crippen molar-refractivity contribution in [2.75, 3.05) is 34.9 Å². The molecular weight excluding hydrogens is 559 g/mol. The number of nitrogens with one attached hydrogen (secondary N) is 2. The van der Waals surface area contributed by atoms with E-state index in [2.05, 4.69) is 25.6 Å². The van der Waals surface area contributed by atoms with E-state index in [0.29, 0.717) is 22.0 Å². The summed E-state index contributed by atoms with van der Waals surface area (Å²) >= 11 is 6.29. The van der Waals surface area contributed by atoms with Crippen LogP contribution in [0.25, 0.3) is 11.3 Å². The molecule has 10 nitrogen and oxygen atoms in total. The molecule has 2 amide bonds. The van der Waals surface area contributed by atoms with Gasteiger partial charge >= 0.3 is 6.03 Å². The van der Waals surface area contributed by atoms with E-state index in [1.54, 1.807) is 6.07 Å². The van der Waals surface area contributed by atoms with Gasteiger partial charge in [-0.3, -0.25) is 4.98 Å². The molecule has 2 N–H and O–H groups in total. The summed E-state index contributed by atoms with van der Waals surface area (Å²) in [5.41, 5.74) is 2.54. The molecule has 0 spiro atoms. The van der Waals surface area contributed by atoms with Crippen LogP contribution in [-0.4, -0.2) is 48.0 Å². The van der Waals surface area contributed by atoms with Crippen molar-refractivity contribution < 1.29 is 22.3 Å². The highest BCUT2D eigenvalue weighted by atomic mass is 35.5. The van der Waals surface area contributed by atoms with Gasteiger partial charge in [0.05, 0.1) is 24.3 Å². The van der Waals surface area contributed by atoms with Crippen LogP contribution in [0.15, 0.2) is 67.1 Å². The Morgan fingerprint density at radius 3 is 2.52 bits per heavy atom. The monoisotopic (exact) mass is 584 g/mol. The van der Waals surface area contributed by atoms with E-state index >= 15 is 0 Å². The number of urea groups is 1. The maximum absolute atomic E-state index is 14.9. The van der Waals surface area contributed by atoms with E-state index < -0.39 is 21.9 Å². The zero-order valence-corrected chi connectivity index (χ0v) is 23.0. The second-order valence-electron chi connectivity index (χ2n) is 9.31.